The molecule has 0 fully saturated rings. The van der Waals surface area contributed by atoms with Gasteiger partial charge in [-0.15, -0.1) is 0 Å². The minimum absolute atomic E-state index is 0.0832. The number of rotatable bonds is 4. The summed E-state index contributed by atoms with van der Waals surface area (Å²) in [5, 5.41) is 1.01. The van der Waals surface area contributed by atoms with Crippen molar-refractivity contribution in [3.8, 4) is 0 Å². The van der Waals surface area contributed by atoms with Crippen LogP contribution in [0.4, 0.5) is 0 Å². The van der Waals surface area contributed by atoms with Crippen LogP contribution in [0.3, 0.4) is 0 Å². The lowest BCUT2D eigenvalue weighted by Gasteiger charge is -2.16. The third-order valence-electron chi connectivity index (χ3n) is 3.77. The lowest BCUT2D eigenvalue weighted by molar-refractivity contribution is 0.0780. The largest absolute Gasteiger partial charge is 0.366 e. The van der Waals surface area contributed by atoms with Crippen LogP contribution in [-0.4, -0.2) is 28.7 Å². The molecule has 1 heterocycles. The first-order valence-electron chi connectivity index (χ1n) is 7.26. The second kappa shape index (κ2) is 5.96. The Hall–Kier alpha value is -3.08. The molecule has 0 bridgehead atoms. The molecule has 5 nitrogen and oxygen atoms in total. The van der Waals surface area contributed by atoms with Gasteiger partial charge in [-0.25, -0.2) is 0 Å². The highest BCUT2D eigenvalue weighted by molar-refractivity contribution is 5.98. The second-order valence-corrected chi connectivity index (χ2v) is 5.49. The molecule has 2 aromatic carbocycles. The molecule has 0 aliphatic carbocycles. The maximum absolute atomic E-state index is 12.5. The van der Waals surface area contributed by atoms with Gasteiger partial charge in [-0.1, -0.05) is 30.3 Å². The average molecular weight is 307 g/mol. The van der Waals surface area contributed by atoms with Gasteiger partial charge in [0.1, 0.15) is 5.69 Å². The smallest absolute Gasteiger partial charge is 0.270 e. The number of hydrogen-bond acceptors (Lipinski definition) is 2. The van der Waals surface area contributed by atoms with Gasteiger partial charge >= 0.3 is 0 Å². The summed E-state index contributed by atoms with van der Waals surface area (Å²) in [6, 6.07) is 16.6. The van der Waals surface area contributed by atoms with E-state index >= 15 is 0 Å². The minimum Gasteiger partial charge on any atom is -0.366 e. The van der Waals surface area contributed by atoms with Gasteiger partial charge in [0, 0.05) is 30.1 Å². The van der Waals surface area contributed by atoms with Crippen molar-refractivity contribution in [2.75, 3.05) is 7.05 Å². The highest BCUT2D eigenvalue weighted by atomic mass is 16.2. The summed E-state index contributed by atoms with van der Waals surface area (Å²) < 4.78 is 0. The predicted molar refractivity (Wildman–Crippen MR) is 89.1 cm³/mol. The van der Waals surface area contributed by atoms with Gasteiger partial charge in [0.05, 0.1) is 0 Å². The summed E-state index contributed by atoms with van der Waals surface area (Å²) >= 11 is 0. The molecule has 2 amide bonds. The highest BCUT2D eigenvalue weighted by Crippen LogP contribution is 2.16. The van der Waals surface area contributed by atoms with E-state index in [1.807, 2.05) is 30.3 Å². The summed E-state index contributed by atoms with van der Waals surface area (Å²) in [6.07, 6.45) is 0. The Morgan fingerprint density at radius 2 is 1.78 bits per heavy atom. The number of H-pyrrole nitrogens is 1. The average Bonchev–Trinajstić information content (AvgIpc) is 2.98. The monoisotopic (exact) mass is 307 g/mol. The fourth-order valence-electron chi connectivity index (χ4n) is 2.51. The van der Waals surface area contributed by atoms with E-state index in [1.165, 1.54) is 0 Å². The number of aromatic amines is 1. The van der Waals surface area contributed by atoms with Gasteiger partial charge in [0.2, 0.25) is 5.91 Å². The molecule has 0 atom stereocenters. The van der Waals surface area contributed by atoms with E-state index in [9.17, 15) is 9.59 Å². The predicted octanol–water partition coefficient (Wildman–Crippen LogP) is 2.54. The Morgan fingerprint density at radius 1 is 1.09 bits per heavy atom. The molecule has 116 valence electrons. The van der Waals surface area contributed by atoms with Crippen LogP contribution in [0.1, 0.15) is 26.4 Å². The Balaban J connectivity index is 1.75. The van der Waals surface area contributed by atoms with Crippen LogP contribution < -0.4 is 5.73 Å². The number of aromatic nitrogens is 1. The molecule has 0 radical (unpaired) electrons. The number of primary amides is 1. The van der Waals surface area contributed by atoms with Crippen LogP contribution in [0, 0.1) is 0 Å². The zero-order chi connectivity index (χ0) is 16.4. The van der Waals surface area contributed by atoms with Crippen LogP contribution >= 0.6 is 0 Å². The first-order chi connectivity index (χ1) is 11.0. The zero-order valence-electron chi connectivity index (χ0n) is 12.7. The summed E-state index contributed by atoms with van der Waals surface area (Å²) in [6.45, 7) is 0.452. The fourth-order valence-corrected chi connectivity index (χ4v) is 2.51. The van der Waals surface area contributed by atoms with E-state index in [2.05, 4.69) is 4.98 Å². The molecule has 3 N–H and O–H groups in total. The number of nitrogens with zero attached hydrogens (tertiary/aromatic N) is 1. The summed E-state index contributed by atoms with van der Waals surface area (Å²) in [5.74, 6) is -0.542. The van der Waals surface area contributed by atoms with Gasteiger partial charge in [0.15, 0.2) is 0 Å². The van der Waals surface area contributed by atoms with Crippen LogP contribution in [0.2, 0.25) is 0 Å². The van der Waals surface area contributed by atoms with Crippen molar-refractivity contribution >= 4 is 22.7 Å². The van der Waals surface area contributed by atoms with E-state index in [1.54, 1.807) is 36.2 Å². The molecular weight excluding hydrogens is 290 g/mol. The van der Waals surface area contributed by atoms with Crippen molar-refractivity contribution in [3.63, 3.8) is 0 Å². The molecule has 23 heavy (non-hydrogen) atoms. The molecule has 1 aromatic heterocycles. The zero-order valence-corrected chi connectivity index (χ0v) is 12.7. The SMILES string of the molecule is CN(Cc1ccc(C(N)=O)cc1)C(=O)c1cc2ccccc2[nH]1. The van der Waals surface area contributed by atoms with E-state index < -0.39 is 5.91 Å². The van der Waals surface area contributed by atoms with Gasteiger partial charge in [-0.2, -0.15) is 0 Å². The van der Waals surface area contributed by atoms with E-state index in [4.69, 9.17) is 5.73 Å². The Labute approximate surface area is 133 Å². The van der Waals surface area contributed by atoms with Gasteiger partial charge in [-0.3, -0.25) is 9.59 Å². The molecular formula is C18H17N3O2. The molecule has 3 aromatic rings. The maximum atomic E-state index is 12.5. The van der Waals surface area contributed by atoms with Crippen molar-refractivity contribution in [1.29, 1.82) is 0 Å². The Kier molecular flexibility index (Phi) is 3.85. The van der Waals surface area contributed by atoms with Crippen LogP contribution in [0.5, 0.6) is 0 Å². The van der Waals surface area contributed by atoms with Crippen molar-refractivity contribution in [1.82, 2.24) is 9.88 Å². The highest BCUT2D eigenvalue weighted by Gasteiger charge is 2.14. The number of nitrogens with two attached hydrogens (primary N) is 1. The first kappa shape index (κ1) is 14.8. The number of para-hydroxylation sites is 1. The lowest BCUT2D eigenvalue weighted by atomic mass is 10.1. The number of carbonyl (C=O) groups excluding carboxylic acids is 2. The molecule has 0 saturated carbocycles. The topological polar surface area (TPSA) is 79.2 Å². The van der Waals surface area contributed by atoms with Crippen molar-refractivity contribution < 1.29 is 9.59 Å². The molecule has 0 saturated heterocycles. The standard InChI is InChI=1S/C18H17N3O2/c1-21(11-12-6-8-13(9-7-12)17(19)22)18(23)16-10-14-4-2-3-5-15(14)20-16/h2-10,20H,11H2,1H3,(H2,19,22). The van der Waals surface area contributed by atoms with Gasteiger partial charge in [-0.05, 0) is 29.8 Å². The van der Waals surface area contributed by atoms with Gasteiger partial charge < -0.3 is 15.6 Å². The Morgan fingerprint density at radius 3 is 2.43 bits per heavy atom. The molecule has 0 aliphatic heterocycles. The first-order valence-corrected chi connectivity index (χ1v) is 7.26. The Bertz CT molecular complexity index is 832. The van der Waals surface area contributed by atoms with E-state index in [0.29, 0.717) is 17.8 Å². The maximum Gasteiger partial charge on any atom is 0.270 e. The molecule has 5 heteroatoms. The van der Waals surface area contributed by atoms with Crippen molar-refractivity contribution in [2.45, 2.75) is 6.54 Å². The molecule has 0 unspecified atom stereocenters. The van der Waals surface area contributed by atoms with Crippen molar-refractivity contribution in [3.05, 3.63) is 71.4 Å². The third kappa shape index (κ3) is 3.08. The normalized spacial score (nSPS) is 10.7. The quantitative estimate of drug-likeness (QED) is 0.777. The summed E-state index contributed by atoms with van der Waals surface area (Å²) in [5.41, 5.74) is 8.11. The minimum atomic E-state index is -0.459. The van der Waals surface area contributed by atoms with Crippen LogP contribution in [0.15, 0.2) is 54.6 Å². The lowest BCUT2D eigenvalue weighted by Crippen LogP contribution is -2.26. The number of benzene rings is 2. The number of amides is 2. The number of nitrogens with one attached hydrogen (secondary N) is 1. The summed E-state index contributed by atoms with van der Waals surface area (Å²) in [7, 11) is 1.75. The number of fused-ring (bicyclic) bond motifs is 1. The molecule has 0 aliphatic rings. The summed E-state index contributed by atoms with van der Waals surface area (Å²) in [4.78, 5) is 28.3. The van der Waals surface area contributed by atoms with Crippen molar-refractivity contribution in [2.24, 2.45) is 5.73 Å². The van der Waals surface area contributed by atoms with Crippen LogP contribution in [0.25, 0.3) is 10.9 Å². The second-order valence-electron chi connectivity index (χ2n) is 5.49. The van der Waals surface area contributed by atoms with Crippen LogP contribution in [-0.2, 0) is 6.54 Å². The number of carbonyl (C=O) groups is 2. The molecule has 3 rings (SSSR count). The van der Waals surface area contributed by atoms with Gasteiger partial charge in [0.25, 0.3) is 5.91 Å². The fraction of sp³-hybridized carbons (Fsp3) is 0.111. The van der Waals surface area contributed by atoms with E-state index in [0.717, 1.165) is 16.5 Å². The number of hydrogen-bond donors (Lipinski definition) is 2. The molecule has 0 spiro atoms. The van der Waals surface area contributed by atoms with E-state index in [-0.39, 0.29) is 5.91 Å². The third-order valence-corrected chi connectivity index (χ3v) is 3.77.